The molecule has 0 spiro atoms. The number of anilines is 1. The van der Waals surface area contributed by atoms with Crippen LogP contribution in [0.2, 0.25) is 0 Å². The van der Waals surface area contributed by atoms with E-state index in [1.165, 1.54) is 0 Å². The molecular weight excluding hydrogens is 364 g/mol. The first-order chi connectivity index (χ1) is 14.3. The van der Waals surface area contributed by atoms with Crippen molar-refractivity contribution in [2.75, 3.05) is 11.9 Å². The number of nitrogens with zero attached hydrogens (tertiary/aromatic N) is 2. The summed E-state index contributed by atoms with van der Waals surface area (Å²) in [6, 6.07) is 19.3. The van der Waals surface area contributed by atoms with Crippen LogP contribution in [0.15, 0.2) is 66.9 Å². The summed E-state index contributed by atoms with van der Waals surface area (Å²) in [5.41, 5.74) is 4.80. The van der Waals surface area contributed by atoms with E-state index in [4.69, 9.17) is 4.74 Å². The fraction of sp³-hybridized carbons (Fsp3) is 0.174. The number of benzene rings is 2. The molecule has 5 rings (SSSR count). The number of hydrogen-bond acceptors (Lipinski definition) is 4. The zero-order chi connectivity index (χ0) is 19.6. The largest absolute Gasteiger partial charge is 0.370 e. The van der Waals surface area contributed by atoms with Crippen molar-refractivity contribution in [1.82, 2.24) is 15.0 Å². The normalized spacial score (nSPS) is 16.2. The molecule has 2 N–H and O–H groups in total. The molecule has 2 aromatic heterocycles. The van der Waals surface area contributed by atoms with E-state index in [1.54, 1.807) is 12.3 Å². The Labute approximate surface area is 168 Å². The van der Waals surface area contributed by atoms with Gasteiger partial charge in [-0.05, 0) is 54.3 Å². The predicted octanol–water partition coefficient (Wildman–Crippen LogP) is 4.73. The number of amides is 1. The molecule has 2 aromatic carbocycles. The van der Waals surface area contributed by atoms with Gasteiger partial charge in [0.05, 0.1) is 11.0 Å². The molecule has 0 saturated carbocycles. The van der Waals surface area contributed by atoms with E-state index in [1.807, 2.05) is 54.6 Å². The Balaban J connectivity index is 1.37. The minimum Gasteiger partial charge on any atom is -0.370 e. The molecule has 1 aliphatic rings. The first kappa shape index (κ1) is 17.6. The summed E-state index contributed by atoms with van der Waals surface area (Å²) in [4.78, 5) is 24.9. The number of hydrogen-bond donors (Lipinski definition) is 2. The molecule has 1 fully saturated rings. The lowest BCUT2D eigenvalue weighted by Gasteiger charge is -2.07. The average Bonchev–Trinajstić information content (AvgIpc) is 3.44. The number of ether oxygens (including phenoxy) is 1. The maximum Gasteiger partial charge on any atom is 0.274 e. The Morgan fingerprint density at radius 1 is 1.07 bits per heavy atom. The number of pyridine rings is 1. The number of nitrogens with one attached hydrogen (secondary N) is 2. The zero-order valence-corrected chi connectivity index (χ0v) is 15.8. The van der Waals surface area contributed by atoms with Gasteiger partial charge in [0.15, 0.2) is 0 Å². The number of rotatable bonds is 4. The van der Waals surface area contributed by atoms with Gasteiger partial charge >= 0.3 is 0 Å². The van der Waals surface area contributed by atoms with E-state index < -0.39 is 0 Å². The van der Waals surface area contributed by atoms with Crippen LogP contribution in [0.3, 0.4) is 0 Å². The van der Waals surface area contributed by atoms with E-state index in [-0.39, 0.29) is 12.0 Å². The molecule has 1 saturated heterocycles. The summed E-state index contributed by atoms with van der Waals surface area (Å²) < 4.78 is 5.70. The van der Waals surface area contributed by atoms with Crippen molar-refractivity contribution < 1.29 is 9.53 Å². The van der Waals surface area contributed by atoms with Crippen molar-refractivity contribution in [3.63, 3.8) is 0 Å². The van der Waals surface area contributed by atoms with Gasteiger partial charge in [-0.1, -0.05) is 30.3 Å². The average molecular weight is 384 g/mol. The highest BCUT2D eigenvalue weighted by Crippen LogP contribution is 2.29. The summed E-state index contributed by atoms with van der Waals surface area (Å²) in [7, 11) is 0. The van der Waals surface area contributed by atoms with Crippen molar-refractivity contribution in [2.45, 2.75) is 18.9 Å². The van der Waals surface area contributed by atoms with Gasteiger partial charge < -0.3 is 15.0 Å². The lowest BCUT2D eigenvalue weighted by atomic mass is 10.1. The van der Waals surface area contributed by atoms with Crippen LogP contribution < -0.4 is 5.32 Å². The minimum absolute atomic E-state index is 0.0327. The number of fused-ring (bicyclic) bond motifs is 1. The monoisotopic (exact) mass is 384 g/mol. The van der Waals surface area contributed by atoms with Crippen molar-refractivity contribution >= 4 is 22.6 Å². The topological polar surface area (TPSA) is 79.9 Å². The number of imidazole rings is 1. The molecule has 1 amide bonds. The molecule has 29 heavy (non-hydrogen) atoms. The molecule has 0 radical (unpaired) electrons. The number of H-pyrrole nitrogens is 1. The molecule has 4 aromatic rings. The van der Waals surface area contributed by atoms with Crippen LogP contribution in [-0.4, -0.2) is 27.5 Å². The van der Waals surface area contributed by atoms with Crippen molar-refractivity contribution in [3.05, 3.63) is 78.4 Å². The fourth-order valence-corrected chi connectivity index (χ4v) is 3.61. The third-order valence-electron chi connectivity index (χ3n) is 5.09. The first-order valence-electron chi connectivity index (χ1n) is 9.70. The summed E-state index contributed by atoms with van der Waals surface area (Å²) in [5, 5.41) is 2.93. The summed E-state index contributed by atoms with van der Waals surface area (Å²) in [6.45, 7) is 0.776. The van der Waals surface area contributed by atoms with Crippen molar-refractivity contribution in [3.8, 4) is 11.1 Å². The van der Waals surface area contributed by atoms with E-state index in [0.29, 0.717) is 11.4 Å². The van der Waals surface area contributed by atoms with E-state index in [0.717, 1.165) is 47.4 Å². The van der Waals surface area contributed by atoms with Gasteiger partial charge in [0.2, 0.25) is 0 Å². The molecule has 3 heterocycles. The second-order valence-electron chi connectivity index (χ2n) is 7.11. The van der Waals surface area contributed by atoms with Crippen LogP contribution in [0.1, 0.15) is 35.3 Å². The van der Waals surface area contributed by atoms with E-state index >= 15 is 0 Å². The van der Waals surface area contributed by atoms with Crippen LogP contribution in [0.4, 0.5) is 5.69 Å². The Bertz CT molecular complexity index is 1160. The molecule has 0 aliphatic carbocycles. The Hall–Kier alpha value is -3.51. The fourth-order valence-electron chi connectivity index (χ4n) is 3.61. The van der Waals surface area contributed by atoms with Crippen molar-refractivity contribution in [1.29, 1.82) is 0 Å². The third-order valence-corrected chi connectivity index (χ3v) is 5.09. The molecule has 1 unspecified atom stereocenters. The van der Waals surface area contributed by atoms with E-state index in [2.05, 4.69) is 20.3 Å². The van der Waals surface area contributed by atoms with Gasteiger partial charge in [-0.2, -0.15) is 0 Å². The number of aromatic amines is 1. The number of aromatic nitrogens is 3. The summed E-state index contributed by atoms with van der Waals surface area (Å²) >= 11 is 0. The molecule has 0 bridgehead atoms. The molecule has 6 heteroatoms. The number of carbonyl (C=O) groups excluding carboxylic acids is 1. The second-order valence-corrected chi connectivity index (χ2v) is 7.11. The van der Waals surface area contributed by atoms with Gasteiger partial charge in [-0.25, -0.2) is 4.98 Å². The molecule has 1 atom stereocenters. The SMILES string of the molecule is O=C(Nc1ccc2nc(C3CCCO3)[nH]c2c1)c1cc(-c2ccccc2)ccn1. The van der Waals surface area contributed by atoms with Crippen LogP contribution in [0.5, 0.6) is 0 Å². The Morgan fingerprint density at radius 3 is 2.79 bits per heavy atom. The van der Waals surface area contributed by atoms with Gasteiger partial charge in [0, 0.05) is 18.5 Å². The standard InChI is InChI=1S/C23H20N4O2/c28-23(20-13-16(10-11-24-20)15-5-2-1-3-6-15)25-17-8-9-18-19(14-17)27-22(26-18)21-7-4-12-29-21/h1-3,5-6,8-11,13-14,21H,4,7,12H2,(H,25,28)(H,26,27). The van der Waals surface area contributed by atoms with Gasteiger partial charge in [0.1, 0.15) is 17.6 Å². The van der Waals surface area contributed by atoms with Crippen LogP contribution >= 0.6 is 0 Å². The third kappa shape index (κ3) is 3.62. The summed E-state index contributed by atoms with van der Waals surface area (Å²) in [5.74, 6) is 0.596. The smallest absolute Gasteiger partial charge is 0.274 e. The van der Waals surface area contributed by atoms with Crippen LogP contribution in [0.25, 0.3) is 22.2 Å². The highest BCUT2D eigenvalue weighted by Gasteiger charge is 2.21. The van der Waals surface area contributed by atoms with Gasteiger partial charge in [-0.3, -0.25) is 9.78 Å². The molecular formula is C23H20N4O2. The predicted molar refractivity (Wildman–Crippen MR) is 112 cm³/mol. The van der Waals surface area contributed by atoms with Crippen molar-refractivity contribution in [2.24, 2.45) is 0 Å². The summed E-state index contributed by atoms with van der Waals surface area (Å²) in [6.07, 6.45) is 3.72. The van der Waals surface area contributed by atoms with Crippen LogP contribution in [-0.2, 0) is 4.74 Å². The maximum atomic E-state index is 12.7. The second kappa shape index (κ2) is 7.48. The highest BCUT2D eigenvalue weighted by atomic mass is 16.5. The Kier molecular flexibility index (Phi) is 4.54. The Morgan fingerprint density at radius 2 is 1.97 bits per heavy atom. The van der Waals surface area contributed by atoms with Gasteiger partial charge in [-0.15, -0.1) is 0 Å². The molecule has 6 nitrogen and oxygen atoms in total. The lowest BCUT2D eigenvalue weighted by Crippen LogP contribution is -2.13. The zero-order valence-electron chi connectivity index (χ0n) is 15.8. The first-order valence-corrected chi connectivity index (χ1v) is 9.70. The molecule has 144 valence electrons. The minimum atomic E-state index is -0.249. The van der Waals surface area contributed by atoms with E-state index in [9.17, 15) is 4.79 Å². The van der Waals surface area contributed by atoms with Gasteiger partial charge in [0.25, 0.3) is 5.91 Å². The molecule has 1 aliphatic heterocycles. The maximum absolute atomic E-state index is 12.7. The number of carbonyl (C=O) groups is 1. The lowest BCUT2D eigenvalue weighted by molar-refractivity contribution is 0.102. The highest BCUT2D eigenvalue weighted by molar-refractivity contribution is 6.04. The quantitative estimate of drug-likeness (QED) is 0.533. The van der Waals surface area contributed by atoms with Crippen LogP contribution in [0, 0.1) is 0 Å².